The summed E-state index contributed by atoms with van der Waals surface area (Å²) in [4.78, 5) is 39.8. The Kier molecular flexibility index (Phi) is 7.01. The van der Waals surface area contributed by atoms with Crippen LogP contribution in [0.2, 0.25) is 0 Å². The van der Waals surface area contributed by atoms with Crippen LogP contribution in [-0.2, 0) is 20.8 Å². The second-order valence-corrected chi connectivity index (χ2v) is 7.58. The molecule has 3 rings (SSSR count). The normalized spacial score (nSPS) is 20.0. The molecule has 2 aliphatic rings. The van der Waals surface area contributed by atoms with E-state index in [1.807, 2.05) is 11.0 Å². The molecular weight excluding hydrogens is 361 g/mol. The van der Waals surface area contributed by atoms with E-state index in [-0.39, 0.29) is 29.5 Å². The van der Waals surface area contributed by atoms with Crippen LogP contribution in [0.3, 0.4) is 0 Å². The van der Waals surface area contributed by atoms with E-state index in [1.54, 1.807) is 11.0 Å². The Labute approximate surface area is 165 Å². The molecule has 0 unspecified atom stereocenters. The Morgan fingerprint density at radius 3 is 2.71 bits per heavy atom. The number of benzene rings is 1. The highest BCUT2D eigenvalue weighted by Gasteiger charge is 2.29. The summed E-state index contributed by atoms with van der Waals surface area (Å²) in [7, 11) is 0. The minimum Gasteiger partial charge on any atom is -0.356 e. The van der Waals surface area contributed by atoms with E-state index >= 15 is 0 Å². The molecule has 0 aliphatic carbocycles. The van der Waals surface area contributed by atoms with Gasteiger partial charge in [0.1, 0.15) is 5.82 Å². The quantitative estimate of drug-likeness (QED) is 0.689. The first-order valence-electron chi connectivity index (χ1n) is 10.1. The molecule has 7 heteroatoms. The number of hydrogen-bond donors (Lipinski definition) is 1. The fourth-order valence-corrected chi connectivity index (χ4v) is 3.87. The SMILES string of the molecule is O=C(NCCCN1CCCC1=O)[C@@H]1CCC(=O)N(CCc2cccc(F)c2)C1. The number of carbonyl (C=O) groups excluding carboxylic acids is 3. The van der Waals surface area contributed by atoms with Crippen LogP contribution in [0.4, 0.5) is 4.39 Å². The molecule has 6 nitrogen and oxygen atoms in total. The lowest BCUT2D eigenvalue weighted by Gasteiger charge is -2.32. The topological polar surface area (TPSA) is 69.7 Å². The van der Waals surface area contributed by atoms with E-state index in [9.17, 15) is 18.8 Å². The van der Waals surface area contributed by atoms with E-state index in [0.29, 0.717) is 51.9 Å². The molecule has 1 atom stereocenters. The number of nitrogens with zero attached hydrogens (tertiary/aromatic N) is 2. The fourth-order valence-electron chi connectivity index (χ4n) is 3.87. The van der Waals surface area contributed by atoms with Gasteiger partial charge in [0.15, 0.2) is 0 Å². The molecule has 2 saturated heterocycles. The summed E-state index contributed by atoms with van der Waals surface area (Å²) in [5, 5.41) is 2.94. The van der Waals surface area contributed by atoms with Gasteiger partial charge in [-0.1, -0.05) is 12.1 Å². The van der Waals surface area contributed by atoms with E-state index in [0.717, 1.165) is 24.9 Å². The van der Waals surface area contributed by atoms with Crippen LogP contribution in [0, 0.1) is 11.7 Å². The summed E-state index contributed by atoms with van der Waals surface area (Å²) in [6, 6.07) is 6.38. The minimum absolute atomic E-state index is 0.0315. The Bertz CT molecular complexity index is 725. The Balaban J connectivity index is 1.40. The molecule has 1 aromatic carbocycles. The standard InChI is InChI=1S/C21H28FN3O3/c22-18-5-1-4-16(14-18)9-13-25-15-17(7-8-20(25)27)21(28)23-10-3-12-24-11-2-6-19(24)26/h1,4-5,14,17H,2-3,6-13,15H2,(H,23,28)/t17-/m1/s1. The van der Waals surface area contributed by atoms with Gasteiger partial charge in [0.2, 0.25) is 17.7 Å². The zero-order valence-corrected chi connectivity index (χ0v) is 16.2. The highest BCUT2D eigenvalue weighted by Crippen LogP contribution is 2.19. The first kappa shape index (κ1) is 20.3. The van der Waals surface area contributed by atoms with Crippen LogP contribution in [0.15, 0.2) is 24.3 Å². The first-order valence-corrected chi connectivity index (χ1v) is 10.1. The van der Waals surface area contributed by atoms with Crippen molar-refractivity contribution in [1.82, 2.24) is 15.1 Å². The van der Waals surface area contributed by atoms with E-state index < -0.39 is 0 Å². The van der Waals surface area contributed by atoms with Gasteiger partial charge in [0.25, 0.3) is 0 Å². The monoisotopic (exact) mass is 389 g/mol. The number of amides is 3. The van der Waals surface area contributed by atoms with Crippen LogP contribution < -0.4 is 5.32 Å². The number of halogens is 1. The maximum Gasteiger partial charge on any atom is 0.224 e. The van der Waals surface area contributed by atoms with Crippen LogP contribution in [-0.4, -0.2) is 60.2 Å². The number of nitrogens with one attached hydrogen (secondary N) is 1. The highest BCUT2D eigenvalue weighted by atomic mass is 19.1. The van der Waals surface area contributed by atoms with Crippen LogP contribution in [0.25, 0.3) is 0 Å². The van der Waals surface area contributed by atoms with Crippen molar-refractivity contribution in [2.45, 2.75) is 38.5 Å². The molecule has 0 radical (unpaired) electrons. The van der Waals surface area contributed by atoms with Crippen molar-refractivity contribution in [2.75, 3.05) is 32.7 Å². The van der Waals surface area contributed by atoms with E-state index in [1.165, 1.54) is 12.1 Å². The molecule has 152 valence electrons. The lowest BCUT2D eigenvalue weighted by Crippen LogP contribution is -2.46. The fraction of sp³-hybridized carbons (Fsp3) is 0.571. The lowest BCUT2D eigenvalue weighted by atomic mass is 9.96. The number of piperidine rings is 1. The molecule has 0 saturated carbocycles. The molecule has 3 amide bonds. The second kappa shape index (κ2) is 9.66. The molecule has 0 bridgehead atoms. The number of hydrogen-bond acceptors (Lipinski definition) is 3. The van der Waals surface area contributed by atoms with Crippen LogP contribution in [0.5, 0.6) is 0 Å². The van der Waals surface area contributed by atoms with Gasteiger partial charge in [-0.2, -0.15) is 0 Å². The van der Waals surface area contributed by atoms with Crippen molar-refractivity contribution >= 4 is 17.7 Å². The number of carbonyl (C=O) groups is 3. The van der Waals surface area contributed by atoms with Gasteiger partial charge < -0.3 is 15.1 Å². The molecule has 2 heterocycles. The van der Waals surface area contributed by atoms with Crippen molar-refractivity contribution < 1.29 is 18.8 Å². The van der Waals surface area contributed by atoms with Gasteiger partial charge in [0.05, 0.1) is 5.92 Å². The van der Waals surface area contributed by atoms with Gasteiger partial charge in [-0.05, 0) is 43.4 Å². The molecule has 28 heavy (non-hydrogen) atoms. The molecule has 0 spiro atoms. The van der Waals surface area contributed by atoms with Gasteiger partial charge >= 0.3 is 0 Å². The van der Waals surface area contributed by atoms with Crippen LogP contribution >= 0.6 is 0 Å². The Morgan fingerprint density at radius 1 is 1.14 bits per heavy atom. The van der Waals surface area contributed by atoms with Gasteiger partial charge in [-0.3, -0.25) is 14.4 Å². The summed E-state index contributed by atoms with van der Waals surface area (Å²) in [5.74, 6) is -0.274. The number of likely N-dealkylation sites (tertiary alicyclic amines) is 2. The smallest absolute Gasteiger partial charge is 0.224 e. The Morgan fingerprint density at radius 2 is 1.96 bits per heavy atom. The second-order valence-electron chi connectivity index (χ2n) is 7.58. The summed E-state index contributed by atoms with van der Waals surface area (Å²) in [6.45, 7) is 2.93. The lowest BCUT2D eigenvalue weighted by molar-refractivity contribution is -0.138. The molecule has 0 aromatic heterocycles. The zero-order valence-electron chi connectivity index (χ0n) is 16.2. The highest BCUT2D eigenvalue weighted by molar-refractivity contribution is 5.83. The summed E-state index contributed by atoms with van der Waals surface area (Å²) in [6.07, 6.45) is 3.80. The van der Waals surface area contributed by atoms with Crippen LogP contribution in [0.1, 0.15) is 37.7 Å². The van der Waals surface area contributed by atoms with E-state index in [4.69, 9.17) is 0 Å². The van der Waals surface area contributed by atoms with Crippen molar-refractivity contribution in [2.24, 2.45) is 5.92 Å². The average molecular weight is 389 g/mol. The molecule has 1 N–H and O–H groups in total. The number of rotatable bonds is 8. The third-order valence-electron chi connectivity index (χ3n) is 5.51. The third-order valence-corrected chi connectivity index (χ3v) is 5.51. The van der Waals surface area contributed by atoms with Gasteiger partial charge in [-0.25, -0.2) is 4.39 Å². The molecule has 1 aromatic rings. The van der Waals surface area contributed by atoms with Crippen molar-refractivity contribution in [3.8, 4) is 0 Å². The van der Waals surface area contributed by atoms with Crippen molar-refractivity contribution in [3.63, 3.8) is 0 Å². The molecule has 2 aliphatic heterocycles. The molecular formula is C21H28FN3O3. The largest absolute Gasteiger partial charge is 0.356 e. The first-order chi connectivity index (χ1) is 13.5. The Hall–Kier alpha value is -2.44. The zero-order chi connectivity index (χ0) is 19.9. The summed E-state index contributed by atoms with van der Waals surface area (Å²) < 4.78 is 13.3. The summed E-state index contributed by atoms with van der Waals surface area (Å²) >= 11 is 0. The summed E-state index contributed by atoms with van der Waals surface area (Å²) in [5.41, 5.74) is 0.843. The van der Waals surface area contributed by atoms with Gasteiger partial charge in [0, 0.05) is 45.6 Å². The maximum absolute atomic E-state index is 13.3. The van der Waals surface area contributed by atoms with E-state index in [2.05, 4.69) is 5.32 Å². The molecule has 2 fully saturated rings. The average Bonchev–Trinajstić information content (AvgIpc) is 3.09. The van der Waals surface area contributed by atoms with Gasteiger partial charge in [-0.15, -0.1) is 0 Å². The van der Waals surface area contributed by atoms with Crippen molar-refractivity contribution in [1.29, 1.82) is 0 Å². The predicted octanol–water partition coefficient (Wildman–Crippen LogP) is 1.74. The third kappa shape index (κ3) is 5.53. The predicted molar refractivity (Wildman–Crippen MR) is 103 cm³/mol. The van der Waals surface area contributed by atoms with Crippen molar-refractivity contribution in [3.05, 3.63) is 35.6 Å². The minimum atomic E-state index is -0.282. The maximum atomic E-state index is 13.3.